The maximum absolute atomic E-state index is 12.9. The number of amides is 1. The van der Waals surface area contributed by atoms with Gasteiger partial charge in [0.15, 0.2) is 23.5 Å². The van der Waals surface area contributed by atoms with E-state index in [1.165, 1.54) is 18.7 Å². The molecule has 9 nitrogen and oxygen atoms in total. The summed E-state index contributed by atoms with van der Waals surface area (Å²) >= 11 is 1.40. The molecule has 0 aromatic heterocycles. The van der Waals surface area contributed by atoms with Gasteiger partial charge >= 0.3 is 5.97 Å². The highest BCUT2D eigenvalue weighted by Gasteiger charge is 2.39. The number of Topliss-reactive ketones (excluding diaryl/α,β-unsaturated/α-hetero) is 1. The van der Waals surface area contributed by atoms with Gasteiger partial charge in [0.1, 0.15) is 18.5 Å². The first-order chi connectivity index (χ1) is 15.9. The Morgan fingerprint density at radius 2 is 1.94 bits per heavy atom. The average molecular weight is 474 g/mol. The molecule has 3 atom stereocenters. The van der Waals surface area contributed by atoms with E-state index in [0.29, 0.717) is 22.8 Å². The van der Waals surface area contributed by atoms with Crippen molar-refractivity contribution in [3.05, 3.63) is 48.0 Å². The van der Waals surface area contributed by atoms with Crippen LogP contribution in [0.2, 0.25) is 0 Å². The lowest BCUT2D eigenvalue weighted by atomic mass is 10.1. The second-order valence-electron chi connectivity index (χ2n) is 7.38. The smallest absolute Gasteiger partial charge is 0.302 e. The molecule has 2 heterocycles. The summed E-state index contributed by atoms with van der Waals surface area (Å²) < 4.78 is 27.0. The number of ether oxygens (including phenoxy) is 5. The zero-order valence-electron chi connectivity index (χ0n) is 18.1. The summed E-state index contributed by atoms with van der Waals surface area (Å²) in [4.78, 5) is 37.8. The third-order valence-electron chi connectivity index (χ3n) is 5.12. The summed E-state index contributed by atoms with van der Waals surface area (Å²) in [6, 6.07) is 12.2. The molecule has 10 heteroatoms. The van der Waals surface area contributed by atoms with Gasteiger partial charge in [-0.1, -0.05) is 12.1 Å². The molecule has 2 aromatic rings. The summed E-state index contributed by atoms with van der Waals surface area (Å²) in [5, 5.41) is 2.28. The Kier molecular flexibility index (Phi) is 7.05. The SMILES string of the molecule is COc1ccccc1SC1CC(=O)[C@H](NC(=O)c2ccc3c(c2)OCO3)O[C@@H]1COC(C)=O. The van der Waals surface area contributed by atoms with E-state index in [1.807, 2.05) is 24.3 Å². The van der Waals surface area contributed by atoms with E-state index >= 15 is 0 Å². The molecule has 0 saturated carbocycles. The predicted molar refractivity (Wildman–Crippen MR) is 118 cm³/mol. The van der Waals surface area contributed by atoms with Crippen LogP contribution in [0.1, 0.15) is 23.7 Å². The number of hydrogen-bond acceptors (Lipinski definition) is 9. The quantitative estimate of drug-likeness (QED) is 0.607. The second kappa shape index (κ2) is 10.1. The minimum absolute atomic E-state index is 0.0498. The van der Waals surface area contributed by atoms with Crippen LogP contribution in [0.5, 0.6) is 17.2 Å². The Labute approximate surface area is 194 Å². The number of carbonyl (C=O) groups excluding carboxylic acids is 3. The normalized spacial score (nSPS) is 21.4. The van der Waals surface area contributed by atoms with Gasteiger partial charge in [0.2, 0.25) is 6.79 Å². The molecule has 174 valence electrons. The fourth-order valence-corrected chi connectivity index (χ4v) is 4.77. The van der Waals surface area contributed by atoms with Crippen LogP contribution in [0.3, 0.4) is 0 Å². The molecule has 0 aliphatic carbocycles. The van der Waals surface area contributed by atoms with Crippen molar-refractivity contribution in [2.75, 3.05) is 20.5 Å². The van der Waals surface area contributed by atoms with Gasteiger partial charge in [-0.25, -0.2) is 0 Å². The van der Waals surface area contributed by atoms with Crippen molar-refractivity contribution in [3.63, 3.8) is 0 Å². The molecule has 33 heavy (non-hydrogen) atoms. The molecule has 2 aliphatic rings. The Balaban J connectivity index is 1.47. The van der Waals surface area contributed by atoms with E-state index in [4.69, 9.17) is 23.7 Å². The Morgan fingerprint density at radius 1 is 1.15 bits per heavy atom. The number of thioether (sulfide) groups is 1. The van der Waals surface area contributed by atoms with Crippen molar-refractivity contribution in [2.24, 2.45) is 0 Å². The Hall–Kier alpha value is -3.24. The van der Waals surface area contributed by atoms with E-state index in [2.05, 4.69) is 5.32 Å². The highest BCUT2D eigenvalue weighted by Crippen LogP contribution is 2.38. The van der Waals surface area contributed by atoms with Crippen LogP contribution in [-0.2, 0) is 19.1 Å². The van der Waals surface area contributed by atoms with Gasteiger partial charge in [-0.2, -0.15) is 0 Å². The third kappa shape index (κ3) is 5.40. The molecular weight excluding hydrogens is 450 g/mol. The number of carbonyl (C=O) groups is 3. The van der Waals surface area contributed by atoms with Crippen LogP contribution in [0.4, 0.5) is 0 Å². The number of methoxy groups -OCH3 is 1. The number of nitrogens with one attached hydrogen (secondary N) is 1. The number of benzene rings is 2. The molecule has 1 N–H and O–H groups in total. The lowest BCUT2D eigenvalue weighted by Crippen LogP contribution is -2.53. The van der Waals surface area contributed by atoms with E-state index in [9.17, 15) is 14.4 Å². The van der Waals surface area contributed by atoms with Crippen molar-refractivity contribution in [2.45, 2.75) is 35.8 Å². The van der Waals surface area contributed by atoms with Gasteiger partial charge in [0, 0.05) is 29.1 Å². The topological polar surface area (TPSA) is 109 Å². The van der Waals surface area contributed by atoms with Crippen LogP contribution in [0.25, 0.3) is 0 Å². The zero-order chi connectivity index (χ0) is 23.4. The van der Waals surface area contributed by atoms with Crippen LogP contribution in [0, 0.1) is 0 Å². The number of fused-ring (bicyclic) bond motifs is 1. The Morgan fingerprint density at radius 3 is 2.73 bits per heavy atom. The van der Waals surface area contributed by atoms with E-state index in [1.54, 1.807) is 25.3 Å². The van der Waals surface area contributed by atoms with Crippen LogP contribution < -0.4 is 19.5 Å². The minimum Gasteiger partial charge on any atom is -0.496 e. The number of rotatable bonds is 7. The first kappa shape index (κ1) is 22.9. The monoisotopic (exact) mass is 473 g/mol. The summed E-state index contributed by atoms with van der Waals surface area (Å²) in [7, 11) is 1.57. The maximum Gasteiger partial charge on any atom is 0.302 e. The van der Waals surface area contributed by atoms with Gasteiger partial charge in [-0.05, 0) is 30.3 Å². The van der Waals surface area contributed by atoms with Gasteiger partial charge in [0.25, 0.3) is 5.91 Å². The molecule has 2 aliphatic heterocycles. The summed E-state index contributed by atoms with van der Waals surface area (Å²) in [6.07, 6.45) is -1.68. The van der Waals surface area contributed by atoms with Crippen molar-refractivity contribution in [1.82, 2.24) is 5.32 Å². The number of hydrogen-bond donors (Lipinski definition) is 1. The zero-order valence-corrected chi connectivity index (χ0v) is 18.9. The highest BCUT2D eigenvalue weighted by molar-refractivity contribution is 8.00. The number of esters is 1. The Bertz CT molecular complexity index is 1060. The van der Waals surface area contributed by atoms with Crippen molar-refractivity contribution >= 4 is 29.4 Å². The van der Waals surface area contributed by atoms with Gasteiger partial charge in [-0.3, -0.25) is 14.4 Å². The van der Waals surface area contributed by atoms with E-state index < -0.39 is 24.2 Å². The molecule has 0 spiro atoms. The first-order valence-corrected chi connectivity index (χ1v) is 11.1. The predicted octanol–water partition coefficient (Wildman–Crippen LogP) is 2.56. The lowest BCUT2D eigenvalue weighted by molar-refractivity contribution is -0.156. The highest BCUT2D eigenvalue weighted by atomic mass is 32.2. The summed E-state index contributed by atoms with van der Waals surface area (Å²) in [5.74, 6) is 0.440. The standard InChI is InChI=1S/C23H23NO8S/c1-13(25)29-11-19-21(33-20-6-4-3-5-17(20)28-2)10-15(26)23(32-19)24-22(27)14-7-8-16-18(9-14)31-12-30-16/h3-9,19,21,23H,10-12H2,1-2H3,(H,24,27)/t19-,21?,23-/m1/s1. The molecule has 1 saturated heterocycles. The van der Waals surface area contributed by atoms with Crippen LogP contribution >= 0.6 is 11.8 Å². The van der Waals surface area contributed by atoms with Crippen LogP contribution in [-0.4, -0.2) is 55.8 Å². The van der Waals surface area contributed by atoms with E-state index in [0.717, 1.165) is 4.90 Å². The average Bonchev–Trinajstić information content (AvgIpc) is 3.28. The fraction of sp³-hybridized carbons (Fsp3) is 0.348. The lowest BCUT2D eigenvalue weighted by Gasteiger charge is -2.35. The molecule has 2 aromatic carbocycles. The second-order valence-corrected chi connectivity index (χ2v) is 8.66. The molecule has 1 amide bonds. The van der Waals surface area contributed by atoms with Crippen molar-refractivity contribution < 1.29 is 38.1 Å². The van der Waals surface area contributed by atoms with Crippen molar-refractivity contribution in [1.29, 1.82) is 0 Å². The molecule has 1 fully saturated rings. The van der Waals surface area contributed by atoms with E-state index in [-0.39, 0.29) is 30.9 Å². The van der Waals surface area contributed by atoms with Gasteiger partial charge in [0.05, 0.1) is 7.11 Å². The largest absolute Gasteiger partial charge is 0.496 e. The minimum atomic E-state index is -1.17. The molecule has 1 unspecified atom stereocenters. The number of para-hydroxylation sites is 1. The van der Waals surface area contributed by atoms with Gasteiger partial charge < -0.3 is 29.0 Å². The molecular formula is C23H23NO8S. The molecule has 0 radical (unpaired) electrons. The van der Waals surface area contributed by atoms with Crippen molar-refractivity contribution in [3.8, 4) is 17.2 Å². The third-order valence-corrected chi connectivity index (χ3v) is 6.48. The van der Waals surface area contributed by atoms with Gasteiger partial charge in [-0.15, -0.1) is 11.8 Å². The molecule has 4 rings (SSSR count). The summed E-state index contributed by atoms with van der Waals surface area (Å²) in [6.45, 7) is 1.34. The first-order valence-electron chi connectivity index (χ1n) is 10.3. The maximum atomic E-state index is 12.9. The fourth-order valence-electron chi connectivity index (χ4n) is 3.47. The van der Waals surface area contributed by atoms with Crippen LogP contribution in [0.15, 0.2) is 47.4 Å². The molecule has 0 bridgehead atoms. The number of ketones is 1. The summed E-state index contributed by atoms with van der Waals surface area (Å²) in [5.41, 5.74) is 0.303.